The molecule has 4 aliphatic rings. The predicted octanol–water partition coefficient (Wildman–Crippen LogP) is 1.21. The molecule has 1 aromatic heterocycles. The Morgan fingerprint density at radius 2 is 2.17 bits per heavy atom. The summed E-state index contributed by atoms with van der Waals surface area (Å²) < 4.78 is 5.82. The highest BCUT2D eigenvalue weighted by Crippen LogP contribution is 2.38. The zero-order valence-electron chi connectivity index (χ0n) is 21.4. The maximum Gasteiger partial charge on any atom is 0.223 e. The van der Waals surface area contributed by atoms with E-state index in [0.29, 0.717) is 19.6 Å². The third kappa shape index (κ3) is 4.73. The quantitative estimate of drug-likeness (QED) is 0.381. The number of ether oxygens (including phenoxy) is 1. The molecular weight excluding hydrogens is 458 g/mol. The number of nitrogens with one attached hydrogen (secondary N) is 4. The molecular formula is C26H37N7O3. The van der Waals surface area contributed by atoms with Crippen molar-refractivity contribution in [3.63, 3.8) is 0 Å². The number of carbonyl (C=O) groups is 1. The number of hydrogen-bond acceptors (Lipinski definition) is 9. The van der Waals surface area contributed by atoms with Crippen molar-refractivity contribution in [3.05, 3.63) is 53.2 Å². The molecule has 0 radical (unpaired) electrons. The van der Waals surface area contributed by atoms with E-state index in [4.69, 9.17) is 9.72 Å². The number of allylic oxidation sites excluding steroid dienone is 2. The van der Waals surface area contributed by atoms with Crippen LogP contribution in [0.4, 0.5) is 5.82 Å². The van der Waals surface area contributed by atoms with E-state index in [-0.39, 0.29) is 30.0 Å². The van der Waals surface area contributed by atoms with Crippen LogP contribution in [0.2, 0.25) is 0 Å². The summed E-state index contributed by atoms with van der Waals surface area (Å²) in [5, 5.41) is 15.8. The number of fused-ring (bicyclic) bond motifs is 2. The van der Waals surface area contributed by atoms with E-state index >= 15 is 0 Å². The number of piperidine rings is 1. The molecule has 1 aromatic rings. The first-order chi connectivity index (χ1) is 17.4. The van der Waals surface area contributed by atoms with Gasteiger partial charge in [-0.3, -0.25) is 15.2 Å². The summed E-state index contributed by atoms with van der Waals surface area (Å²) in [6.45, 7) is 10.5. The van der Waals surface area contributed by atoms with Crippen molar-refractivity contribution in [2.45, 2.75) is 52.4 Å². The summed E-state index contributed by atoms with van der Waals surface area (Å²) >= 11 is 0. The highest BCUT2D eigenvalue weighted by molar-refractivity contribution is 5.83. The number of hydrazine groups is 2. The van der Waals surface area contributed by atoms with Crippen molar-refractivity contribution in [2.75, 3.05) is 31.1 Å². The zero-order chi connectivity index (χ0) is 25.4. The molecule has 0 spiro atoms. The van der Waals surface area contributed by atoms with Gasteiger partial charge in [-0.2, -0.15) is 0 Å². The number of pyridine rings is 1. The minimum Gasteiger partial charge on any atom is -0.492 e. The number of β-amino-alcohol motifs (C(OH)–C–C–N with tert-alkyl or cyclic N) is 1. The van der Waals surface area contributed by atoms with Gasteiger partial charge < -0.3 is 20.1 Å². The van der Waals surface area contributed by atoms with Crippen molar-refractivity contribution in [2.24, 2.45) is 11.8 Å². The first kappa shape index (κ1) is 24.8. The van der Waals surface area contributed by atoms with Crippen molar-refractivity contribution >= 4 is 17.3 Å². The van der Waals surface area contributed by atoms with Gasteiger partial charge in [-0.15, -0.1) is 0 Å². The molecule has 5 N–H and O–H groups in total. The van der Waals surface area contributed by atoms with Crippen LogP contribution in [0.1, 0.15) is 39.7 Å². The van der Waals surface area contributed by atoms with Gasteiger partial charge in [-0.1, -0.05) is 20.8 Å². The van der Waals surface area contributed by atoms with Crippen molar-refractivity contribution < 1.29 is 14.6 Å². The van der Waals surface area contributed by atoms with Crippen molar-refractivity contribution in [1.29, 1.82) is 0 Å². The Morgan fingerprint density at radius 3 is 2.86 bits per heavy atom. The van der Waals surface area contributed by atoms with Gasteiger partial charge in [-0.25, -0.2) is 15.8 Å². The molecule has 4 aliphatic heterocycles. The number of aromatic nitrogens is 1. The average Bonchev–Trinajstić information content (AvgIpc) is 3.46. The van der Waals surface area contributed by atoms with Crippen molar-refractivity contribution in [3.8, 4) is 0 Å². The largest absolute Gasteiger partial charge is 0.492 e. The Bertz CT molecular complexity index is 1080. The molecule has 5 rings (SSSR count). The highest BCUT2D eigenvalue weighted by Gasteiger charge is 2.37. The minimum atomic E-state index is -0.646. The third-order valence-corrected chi connectivity index (χ3v) is 7.50. The molecule has 36 heavy (non-hydrogen) atoms. The number of amides is 1. The zero-order valence-corrected chi connectivity index (χ0v) is 21.4. The van der Waals surface area contributed by atoms with E-state index in [1.807, 2.05) is 51.2 Å². The van der Waals surface area contributed by atoms with Crippen LogP contribution in [-0.2, 0) is 9.53 Å². The summed E-state index contributed by atoms with van der Waals surface area (Å²) in [4.78, 5) is 19.3. The van der Waals surface area contributed by atoms with Crippen LogP contribution in [0.25, 0.3) is 5.57 Å². The molecule has 2 unspecified atom stereocenters. The fraction of sp³-hybridized carbons (Fsp3) is 0.538. The maximum atomic E-state index is 12.5. The number of aliphatic hydroxyl groups excluding tert-OH is 1. The predicted molar refractivity (Wildman–Crippen MR) is 138 cm³/mol. The molecule has 0 bridgehead atoms. The molecule has 0 aromatic carbocycles. The van der Waals surface area contributed by atoms with Crippen LogP contribution >= 0.6 is 0 Å². The molecule has 0 saturated carbocycles. The molecule has 1 amide bonds. The summed E-state index contributed by atoms with van der Waals surface area (Å²) in [5.41, 5.74) is 14.3. The summed E-state index contributed by atoms with van der Waals surface area (Å²) in [6, 6.07) is 3.84. The summed E-state index contributed by atoms with van der Waals surface area (Å²) in [6.07, 6.45) is 6.00. The summed E-state index contributed by atoms with van der Waals surface area (Å²) in [5.74, 6) is 1.80. The molecule has 10 nitrogen and oxygen atoms in total. The Kier molecular flexibility index (Phi) is 7.03. The van der Waals surface area contributed by atoms with E-state index in [9.17, 15) is 9.90 Å². The topological polar surface area (TPSA) is 114 Å². The van der Waals surface area contributed by atoms with Crippen LogP contribution < -0.4 is 26.5 Å². The molecule has 2 saturated heterocycles. The second kappa shape index (κ2) is 10.2. The fourth-order valence-corrected chi connectivity index (χ4v) is 5.03. The van der Waals surface area contributed by atoms with Gasteiger partial charge in [0.05, 0.1) is 30.6 Å². The number of nitrogens with zero attached hydrogens (tertiary/aromatic N) is 3. The normalized spacial score (nSPS) is 26.4. The SMILES string of the molecule is CCOC1=CN2NC3NNCC3=C2C(c2ccc(N3CC[C@H](NC(=O)C(C)C(C)C)[C@@H](O)C3)nc2)=C1. The monoisotopic (exact) mass is 495 g/mol. The maximum absolute atomic E-state index is 12.5. The standard InChI is InChI=1S/C26H37N7O3/c1-5-36-18-10-19(24-20-12-28-30-25(20)31-33(24)13-18)17-6-7-23(27-11-17)32-9-8-21(22(34)14-32)29-26(35)16(4)15(2)3/h6-7,10-11,13,15-16,21-22,25,28,30-31,34H,5,8-9,12,14H2,1-4H3,(H,29,35)/t16?,21-,22-,25?/m0/s1. The molecule has 2 fully saturated rings. The first-order valence-electron chi connectivity index (χ1n) is 12.9. The Hall–Kier alpha value is -2.92. The second-order valence-electron chi connectivity index (χ2n) is 10.2. The molecule has 5 heterocycles. The molecule has 194 valence electrons. The third-order valence-electron chi connectivity index (χ3n) is 7.50. The molecule has 10 heteroatoms. The van der Waals surface area contributed by atoms with Crippen LogP contribution in [0.15, 0.2) is 47.6 Å². The smallest absolute Gasteiger partial charge is 0.223 e. The lowest BCUT2D eigenvalue weighted by Gasteiger charge is -2.37. The lowest BCUT2D eigenvalue weighted by Crippen LogP contribution is -2.55. The number of carbonyl (C=O) groups excluding carboxylic acids is 1. The average molecular weight is 496 g/mol. The van der Waals surface area contributed by atoms with Crippen LogP contribution in [-0.4, -0.2) is 65.6 Å². The van der Waals surface area contributed by atoms with Gasteiger partial charge in [0, 0.05) is 48.5 Å². The number of rotatable bonds is 7. The van der Waals surface area contributed by atoms with Gasteiger partial charge in [-0.05, 0) is 37.5 Å². The van der Waals surface area contributed by atoms with Crippen LogP contribution in [0.3, 0.4) is 0 Å². The lowest BCUT2D eigenvalue weighted by molar-refractivity contribution is -0.127. The highest BCUT2D eigenvalue weighted by atomic mass is 16.5. The molecule has 0 aliphatic carbocycles. The lowest BCUT2D eigenvalue weighted by atomic mass is 9.95. The summed E-state index contributed by atoms with van der Waals surface area (Å²) in [7, 11) is 0. The van der Waals surface area contributed by atoms with Crippen molar-refractivity contribution in [1.82, 2.24) is 31.6 Å². The van der Waals surface area contributed by atoms with E-state index in [1.54, 1.807) is 0 Å². The Labute approximate surface area is 212 Å². The van der Waals surface area contributed by atoms with Crippen LogP contribution in [0.5, 0.6) is 0 Å². The number of hydrogen-bond donors (Lipinski definition) is 5. The van der Waals surface area contributed by atoms with E-state index in [0.717, 1.165) is 41.5 Å². The van der Waals surface area contributed by atoms with Gasteiger partial charge in [0.1, 0.15) is 17.7 Å². The number of anilines is 1. The van der Waals surface area contributed by atoms with Crippen LogP contribution in [0, 0.1) is 11.8 Å². The molecule has 4 atom stereocenters. The Balaban J connectivity index is 1.30. The van der Waals surface area contributed by atoms with E-state index in [2.05, 4.69) is 38.6 Å². The van der Waals surface area contributed by atoms with Gasteiger partial charge in [0.2, 0.25) is 5.91 Å². The van der Waals surface area contributed by atoms with Gasteiger partial charge in [0.15, 0.2) is 0 Å². The number of aliphatic hydroxyl groups is 1. The fourth-order valence-electron chi connectivity index (χ4n) is 5.03. The van der Waals surface area contributed by atoms with E-state index in [1.165, 1.54) is 5.57 Å². The second-order valence-corrected chi connectivity index (χ2v) is 10.2. The van der Waals surface area contributed by atoms with E-state index < -0.39 is 6.10 Å². The van der Waals surface area contributed by atoms with Gasteiger partial charge >= 0.3 is 0 Å². The minimum absolute atomic E-state index is 0.00641. The van der Waals surface area contributed by atoms with Gasteiger partial charge in [0.25, 0.3) is 0 Å². The first-order valence-corrected chi connectivity index (χ1v) is 12.9. The Morgan fingerprint density at radius 1 is 1.33 bits per heavy atom.